The lowest BCUT2D eigenvalue weighted by Crippen LogP contribution is -2.47. The Labute approximate surface area is 203 Å². The molecule has 0 atom stereocenters. The molecule has 0 unspecified atom stereocenters. The predicted molar refractivity (Wildman–Crippen MR) is 131 cm³/mol. The van der Waals surface area contributed by atoms with E-state index in [1.54, 1.807) is 6.07 Å². The third-order valence-corrected chi connectivity index (χ3v) is 6.76. The van der Waals surface area contributed by atoms with Gasteiger partial charge in [0.25, 0.3) is 5.91 Å². The normalized spacial score (nSPS) is 21.9. The van der Waals surface area contributed by atoms with Crippen molar-refractivity contribution in [3.05, 3.63) is 76.8 Å². The summed E-state index contributed by atoms with van der Waals surface area (Å²) >= 11 is 0. The maximum Gasteiger partial charge on any atom is 0.317 e. The number of aliphatic carboxylic acids is 1. The summed E-state index contributed by atoms with van der Waals surface area (Å²) in [5, 5.41) is 11.7. The van der Waals surface area contributed by atoms with E-state index >= 15 is 0 Å². The van der Waals surface area contributed by atoms with Crippen LogP contribution in [0.3, 0.4) is 0 Å². The molecule has 1 saturated heterocycles. The first-order valence-corrected chi connectivity index (χ1v) is 11.7. The molecule has 8 heteroatoms. The van der Waals surface area contributed by atoms with Crippen LogP contribution < -0.4 is 5.32 Å². The van der Waals surface area contributed by atoms with E-state index in [1.165, 1.54) is 17.7 Å². The Bertz CT molecular complexity index is 1240. The number of anilines is 1. The lowest BCUT2D eigenvalue weighted by molar-refractivity contribution is -0.138. The number of carbonyl (C=O) groups excluding carboxylic acids is 1. The maximum atomic E-state index is 13.6. The number of amides is 1. The SMILES string of the molecule is CC1(C)O/C(=C2/C(=O)Nc3cc(F)ccc32)C=C1c1ccc(CN2CCN(CC(=O)O)CC2)cc1. The van der Waals surface area contributed by atoms with E-state index in [4.69, 9.17) is 9.84 Å². The number of carboxylic acids is 1. The molecule has 0 saturated carbocycles. The van der Waals surface area contributed by atoms with Gasteiger partial charge in [-0.25, -0.2) is 4.39 Å². The number of piperazine rings is 1. The number of benzene rings is 2. The molecule has 3 heterocycles. The molecule has 7 nitrogen and oxygen atoms in total. The number of hydrogen-bond donors (Lipinski definition) is 2. The van der Waals surface area contributed by atoms with Crippen molar-refractivity contribution in [1.82, 2.24) is 9.80 Å². The molecule has 3 aliphatic heterocycles. The van der Waals surface area contributed by atoms with Crippen LogP contribution in [0, 0.1) is 5.82 Å². The molecule has 0 spiro atoms. The highest BCUT2D eigenvalue weighted by Gasteiger charge is 2.38. The molecule has 3 aliphatic rings. The van der Waals surface area contributed by atoms with E-state index in [9.17, 15) is 14.0 Å². The number of nitrogens with zero attached hydrogens (tertiary/aromatic N) is 2. The lowest BCUT2D eigenvalue weighted by Gasteiger charge is -2.33. The number of carbonyl (C=O) groups is 2. The van der Waals surface area contributed by atoms with Crippen LogP contribution in [0.4, 0.5) is 10.1 Å². The number of carboxylic acid groups (broad SMARTS) is 1. The topological polar surface area (TPSA) is 82.1 Å². The summed E-state index contributed by atoms with van der Waals surface area (Å²) in [5.41, 5.74) is 4.04. The second-order valence-electron chi connectivity index (χ2n) is 9.70. The average Bonchev–Trinajstić information content (AvgIpc) is 3.29. The van der Waals surface area contributed by atoms with Crippen molar-refractivity contribution >= 4 is 28.7 Å². The Morgan fingerprint density at radius 2 is 1.77 bits per heavy atom. The first-order chi connectivity index (χ1) is 16.7. The Balaban J connectivity index is 1.33. The summed E-state index contributed by atoms with van der Waals surface area (Å²) < 4.78 is 19.8. The van der Waals surface area contributed by atoms with Gasteiger partial charge in [-0.3, -0.25) is 19.4 Å². The number of allylic oxidation sites excluding steroid dienone is 1. The predicted octanol–water partition coefficient (Wildman–Crippen LogP) is 3.58. The van der Waals surface area contributed by atoms with E-state index in [-0.39, 0.29) is 12.5 Å². The fourth-order valence-electron chi connectivity index (χ4n) is 4.95. The largest absolute Gasteiger partial charge is 0.482 e. The standard InChI is InChI=1S/C27H28FN3O4/c1-27(2)21(14-23(35-27)25-20-8-7-19(28)13-22(20)29-26(25)34)18-5-3-17(4-6-18)15-30-9-11-31(12-10-30)16-24(32)33/h3-8,13-14H,9-12,15-16H2,1-2H3,(H,29,34)(H,32,33)/b25-23+. The van der Waals surface area contributed by atoms with E-state index in [0.717, 1.165) is 43.9 Å². The first-order valence-electron chi connectivity index (χ1n) is 11.7. The van der Waals surface area contributed by atoms with Crippen LogP contribution in [0.2, 0.25) is 0 Å². The van der Waals surface area contributed by atoms with Gasteiger partial charge in [0.2, 0.25) is 0 Å². The van der Waals surface area contributed by atoms with Crippen molar-refractivity contribution < 1.29 is 23.8 Å². The van der Waals surface area contributed by atoms with Crippen LogP contribution in [-0.2, 0) is 20.9 Å². The second kappa shape index (κ2) is 8.94. The minimum absolute atomic E-state index is 0.0950. The molecule has 1 amide bonds. The molecular weight excluding hydrogens is 449 g/mol. The second-order valence-corrected chi connectivity index (χ2v) is 9.70. The van der Waals surface area contributed by atoms with Gasteiger partial charge in [-0.2, -0.15) is 0 Å². The zero-order valence-corrected chi connectivity index (χ0v) is 19.8. The molecule has 35 heavy (non-hydrogen) atoms. The van der Waals surface area contributed by atoms with Crippen LogP contribution in [0.15, 0.2) is 54.3 Å². The third-order valence-electron chi connectivity index (χ3n) is 6.76. The molecule has 2 N–H and O–H groups in total. The molecule has 0 bridgehead atoms. The van der Waals surface area contributed by atoms with Crippen LogP contribution >= 0.6 is 0 Å². The van der Waals surface area contributed by atoms with Gasteiger partial charge in [0.05, 0.1) is 17.8 Å². The summed E-state index contributed by atoms with van der Waals surface area (Å²) in [7, 11) is 0. The van der Waals surface area contributed by atoms with Crippen molar-refractivity contribution in [3.8, 4) is 0 Å². The van der Waals surface area contributed by atoms with Gasteiger partial charge in [0.1, 0.15) is 17.2 Å². The van der Waals surface area contributed by atoms with Crippen LogP contribution in [-0.4, -0.2) is 65.1 Å². The zero-order chi connectivity index (χ0) is 24.7. The van der Waals surface area contributed by atoms with E-state index in [1.807, 2.05) is 24.8 Å². The Hall–Kier alpha value is -3.49. The number of rotatable bonds is 5. The molecule has 5 rings (SSSR count). The smallest absolute Gasteiger partial charge is 0.317 e. The summed E-state index contributed by atoms with van der Waals surface area (Å²) in [6.45, 7) is 8.02. The molecule has 1 fully saturated rings. The van der Waals surface area contributed by atoms with Gasteiger partial charge < -0.3 is 15.2 Å². The number of nitrogens with one attached hydrogen (secondary N) is 1. The van der Waals surface area contributed by atoms with Gasteiger partial charge in [-0.1, -0.05) is 24.3 Å². The zero-order valence-electron chi connectivity index (χ0n) is 19.8. The third kappa shape index (κ3) is 4.72. The Kier molecular flexibility index (Phi) is 5.94. The van der Waals surface area contributed by atoms with Gasteiger partial charge in [0.15, 0.2) is 0 Å². The van der Waals surface area contributed by atoms with Crippen molar-refractivity contribution in [2.75, 3.05) is 38.0 Å². The molecule has 0 aromatic heterocycles. The minimum Gasteiger partial charge on any atom is -0.482 e. The van der Waals surface area contributed by atoms with Crippen LogP contribution in [0.25, 0.3) is 11.1 Å². The quantitative estimate of drug-likeness (QED) is 0.641. The summed E-state index contributed by atoms with van der Waals surface area (Å²) in [6.07, 6.45) is 1.91. The molecule has 0 aliphatic carbocycles. The van der Waals surface area contributed by atoms with Gasteiger partial charge >= 0.3 is 5.97 Å². The number of halogens is 1. The highest BCUT2D eigenvalue weighted by Crippen LogP contribution is 2.44. The van der Waals surface area contributed by atoms with E-state index in [2.05, 4.69) is 34.5 Å². The lowest BCUT2D eigenvalue weighted by atomic mass is 9.91. The van der Waals surface area contributed by atoms with Gasteiger partial charge in [0, 0.05) is 43.9 Å². The highest BCUT2D eigenvalue weighted by molar-refractivity contribution is 6.32. The summed E-state index contributed by atoms with van der Waals surface area (Å²) in [4.78, 5) is 27.8. The van der Waals surface area contributed by atoms with Crippen molar-refractivity contribution in [2.45, 2.75) is 26.0 Å². The minimum atomic E-state index is -0.785. The fraction of sp³-hybridized carbons (Fsp3) is 0.333. The molecule has 2 aromatic rings. The van der Waals surface area contributed by atoms with Crippen molar-refractivity contribution in [3.63, 3.8) is 0 Å². The first kappa shape index (κ1) is 23.3. The van der Waals surface area contributed by atoms with E-state index < -0.39 is 17.4 Å². The van der Waals surface area contributed by atoms with E-state index in [0.29, 0.717) is 22.6 Å². The van der Waals surface area contributed by atoms with Crippen molar-refractivity contribution in [2.24, 2.45) is 0 Å². The number of ether oxygens (including phenoxy) is 1. The number of fused-ring (bicyclic) bond motifs is 1. The van der Waals surface area contributed by atoms with Gasteiger partial charge in [-0.15, -0.1) is 0 Å². The van der Waals surface area contributed by atoms with Crippen LogP contribution in [0.1, 0.15) is 30.5 Å². The highest BCUT2D eigenvalue weighted by atomic mass is 19.1. The molecular formula is C27H28FN3O4. The Morgan fingerprint density at radius 3 is 2.46 bits per heavy atom. The number of hydrogen-bond acceptors (Lipinski definition) is 5. The van der Waals surface area contributed by atoms with Crippen molar-refractivity contribution in [1.29, 1.82) is 0 Å². The summed E-state index contributed by atoms with van der Waals surface area (Å²) in [5.74, 6) is -1.00. The monoisotopic (exact) mass is 477 g/mol. The molecule has 2 aromatic carbocycles. The fourth-order valence-corrected chi connectivity index (χ4v) is 4.95. The molecule has 182 valence electrons. The van der Waals surface area contributed by atoms with Gasteiger partial charge in [-0.05, 0) is 49.2 Å². The maximum absolute atomic E-state index is 13.6. The average molecular weight is 478 g/mol. The Morgan fingerprint density at radius 1 is 1.09 bits per heavy atom. The molecule has 0 radical (unpaired) electrons. The summed E-state index contributed by atoms with van der Waals surface area (Å²) in [6, 6.07) is 12.6. The van der Waals surface area contributed by atoms with Crippen LogP contribution in [0.5, 0.6) is 0 Å².